The van der Waals surface area contributed by atoms with Crippen molar-refractivity contribution in [1.29, 1.82) is 0 Å². The minimum atomic E-state index is -3.91. The molecule has 3 rings (SSSR count). The van der Waals surface area contributed by atoms with E-state index >= 15 is 0 Å². The number of ketones is 1. The van der Waals surface area contributed by atoms with Crippen molar-refractivity contribution in [3.63, 3.8) is 0 Å². The van der Waals surface area contributed by atoms with Crippen LogP contribution in [0, 0.1) is 6.92 Å². The van der Waals surface area contributed by atoms with Crippen LogP contribution >= 0.6 is 11.3 Å². The number of aromatic nitrogens is 1. The first-order valence-electron chi connectivity index (χ1n) is 8.53. The SMILES string of the molecule is CC(=O)c1ccc(S(=O)(=O)NCC(=O)OCc2nc(-c3cccs3)oc2C)cc1. The van der Waals surface area contributed by atoms with E-state index in [-0.39, 0.29) is 17.3 Å². The van der Waals surface area contributed by atoms with E-state index in [1.165, 1.54) is 42.5 Å². The largest absolute Gasteiger partial charge is 0.458 e. The summed E-state index contributed by atoms with van der Waals surface area (Å²) in [6.45, 7) is 2.43. The number of carbonyl (C=O) groups excluding carboxylic acids is 2. The molecule has 2 heterocycles. The number of benzene rings is 1. The molecular weight excluding hydrogens is 416 g/mol. The molecule has 0 aliphatic heterocycles. The molecule has 8 nitrogen and oxygen atoms in total. The molecule has 1 aromatic carbocycles. The van der Waals surface area contributed by atoms with Gasteiger partial charge in [0.2, 0.25) is 15.9 Å². The van der Waals surface area contributed by atoms with Crippen LogP contribution < -0.4 is 4.72 Å². The van der Waals surface area contributed by atoms with Gasteiger partial charge in [0.25, 0.3) is 0 Å². The number of hydrogen-bond donors (Lipinski definition) is 1. The molecule has 0 aliphatic carbocycles. The Morgan fingerprint density at radius 2 is 1.93 bits per heavy atom. The van der Waals surface area contributed by atoms with Crippen LogP contribution in [0.1, 0.15) is 28.7 Å². The predicted molar refractivity (Wildman–Crippen MR) is 106 cm³/mol. The lowest BCUT2D eigenvalue weighted by Gasteiger charge is -2.07. The lowest BCUT2D eigenvalue weighted by molar-refractivity contribution is -0.143. The smallest absolute Gasteiger partial charge is 0.321 e. The van der Waals surface area contributed by atoms with Crippen LogP contribution in [0.5, 0.6) is 0 Å². The van der Waals surface area contributed by atoms with Crippen molar-refractivity contribution in [2.45, 2.75) is 25.3 Å². The van der Waals surface area contributed by atoms with Crippen molar-refractivity contribution in [2.75, 3.05) is 6.54 Å². The molecule has 0 spiro atoms. The van der Waals surface area contributed by atoms with Crippen LogP contribution in [0.2, 0.25) is 0 Å². The Morgan fingerprint density at radius 3 is 2.55 bits per heavy atom. The number of sulfonamides is 1. The second-order valence-corrected chi connectivity index (χ2v) is 8.78. The number of thiophene rings is 1. The summed E-state index contributed by atoms with van der Waals surface area (Å²) in [5.74, 6) is 0.0375. The summed E-state index contributed by atoms with van der Waals surface area (Å²) in [6, 6.07) is 9.16. The van der Waals surface area contributed by atoms with E-state index in [1.54, 1.807) is 6.92 Å². The molecule has 0 saturated heterocycles. The molecular formula is C19H18N2O6S2. The van der Waals surface area contributed by atoms with Gasteiger partial charge in [-0.25, -0.2) is 13.4 Å². The van der Waals surface area contributed by atoms with Crippen molar-refractivity contribution in [3.05, 3.63) is 58.8 Å². The minimum Gasteiger partial charge on any atom is -0.458 e. The lowest BCUT2D eigenvalue weighted by Crippen LogP contribution is -2.30. The van der Waals surface area contributed by atoms with E-state index < -0.39 is 22.5 Å². The standard InChI is InChI=1S/C19H18N2O6S2/c1-12(22)14-5-7-15(8-6-14)29(24,25)20-10-18(23)26-11-16-13(2)27-19(21-16)17-4-3-9-28-17/h3-9,20H,10-11H2,1-2H3. The molecule has 0 saturated carbocycles. The van der Waals surface area contributed by atoms with Crippen LogP contribution in [-0.2, 0) is 26.2 Å². The number of oxazole rings is 1. The Morgan fingerprint density at radius 1 is 1.21 bits per heavy atom. The summed E-state index contributed by atoms with van der Waals surface area (Å²) >= 11 is 1.47. The zero-order valence-electron chi connectivity index (χ0n) is 15.7. The Labute approximate surface area is 171 Å². The maximum Gasteiger partial charge on any atom is 0.321 e. The molecule has 152 valence electrons. The van der Waals surface area contributed by atoms with Crippen LogP contribution in [0.25, 0.3) is 10.8 Å². The van der Waals surface area contributed by atoms with E-state index in [0.717, 1.165) is 4.88 Å². The van der Waals surface area contributed by atoms with Crippen molar-refractivity contribution >= 4 is 33.1 Å². The first kappa shape index (κ1) is 20.9. The van der Waals surface area contributed by atoms with Gasteiger partial charge in [0.15, 0.2) is 5.78 Å². The van der Waals surface area contributed by atoms with Crippen molar-refractivity contribution < 1.29 is 27.2 Å². The highest BCUT2D eigenvalue weighted by atomic mass is 32.2. The third-order valence-electron chi connectivity index (χ3n) is 3.97. The summed E-state index contributed by atoms with van der Waals surface area (Å²) in [5.41, 5.74) is 0.859. The number of nitrogens with one attached hydrogen (secondary N) is 1. The quantitative estimate of drug-likeness (QED) is 0.428. The summed E-state index contributed by atoms with van der Waals surface area (Å²) < 4.78 is 37.3. The number of esters is 1. The zero-order valence-corrected chi connectivity index (χ0v) is 17.3. The maximum atomic E-state index is 12.3. The lowest BCUT2D eigenvalue weighted by atomic mass is 10.2. The number of Topliss-reactive ketones (excluding diaryl/α,β-unsaturated/α-hetero) is 1. The van der Waals surface area contributed by atoms with E-state index in [1.807, 2.05) is 17.5 Å². The average Bonchev–Trinajstić information content (AvgIpc) is 3.34. The van der Waals surface area contributed by atoms with Gasteiger partial charge in [0.05, 0.1) is 9.77 Å². The van der Waals surface area contributed by atoms with Gasteiger partial charge in [-0.3, -0.25) is 9.59 Å². The van der Waals surface area contributed by atoms with Gasteiger partial charge in [-0.15, -0.1) is 11.3 Å². The van der Waals surface area contributed by atoms with Crippen LogP contribution in [0.3, 0.4) is 0 Å². The summed E-state index contributed by atoms with van der Waals surface area (Å²) in [4.78, 5) is 28.3. The Kier molecular flexibility index (Phi) is 6.26. The summed E-state index contributed by atoms with van der Waals surface area (Å²) in [7, 11) is -3.91. The van der Waals surface area contributed by atoms with Gasteiger partial charge in [-0.2, -0.15) is 4.72 Å². The van der Waals surface area contributed by atoms with Gasteiger partial charge in [-0.05, 0) is 37.4 Å². The number of ether oxygens (including phenoxy) is 1. The third-order valence-corrected chi connectivity index (χ3v) is 6.25. The molecule has 1 N–H and O–H groups in total. The minimum absolute atomic E-state index is 0.0526. The van der Waals surface area contributed by atoms with E-state index in [2.05, 4.69) is 9.71 Å². The monoisotopic (exact) mass is 434 g/mol. The average molecular weight is 434 g/mol. The third kappa shape index (κ3) is 5.17. The van der Waals surface area contributed by atoms with Gasteiger partial charge in [0.1, 0.15) is 24.6 Å². The molecule has 0 radical (unpaired) electrons. The highest BCUT2D eigenvalue weighted by Crippen LogP contribution is 2.26. The van der Waals surface area contributed by atoms with Crippen molar-refractivity contribution in [3.8, 4) is 10.8 Å². The highest BCUT2D eigenvalue weighted by Gasteiger charge is 2.18. The normalized spacial score (nSPS) is 11.4. The molecule has 29 heavy (non-hydrogen) atoms. The van der Waals surface area contributed by atoms with Gasteiger partial charge in [-0.1, -0.05) is 18.2 Å². The number of hydrogen-bond acceptors (Lipinski definition) is 8. The van der Waals surface area contributed by atoms with Crippen molar-refractivity contribution in [2.24, 2.45) is 0 Å². The predicted octanol–water partition coefficient (Wildman–Crippen LogP) is 2.94. The Bertz CT molecular complexity index is 1120. The molecule has 0 unspecified atom stereocenters. The number of nitrogens with zero attached hydrogens (tertiary/aromatic N) is 1. The summed E-state index contributed by atoms with van der Waals surface area (Å²) in [6.07, 6.45) is 0. The van der Waals surface area contributed by atoms with E-state index in [4.69, 9.17) is 9.15 Å². The molecule has 0 amide bonds. The van der Waals surface area contributed by atoms with Gasteiger partial charge >= 0.3 is 5.97 Å². The second-order valence-electron chi connectivity index (χ2n) is 6.06. The molecule has 2 aromatic heterocycles. The van der Waals surface area contributed by atoms with Crippen LogP contribution in [0.4, 0.5) is 0 Å². The Balaban J connectivity index is 1.55. The molecule has 10 heteroatoms. The fourth-order valence-corrected chi connectivity index (χ4v) is 3.99. The summed E-state index contributed by atoms with van der Waals surface area (Å²) in [5, 5.41) is 1.90. The topological polar surface area (TPSA) is 116 Å². The number of rotatable bonds is 8. The first-order chi connectivity index (χ1) is 13.8. The van der Waals surface area contributed by atoms with Crippen LogP contribution in [-0.4, -0.2) is 31.7 Å². The first-order valence-corrected chi connectivity index (χ1v) is 10.9. The fourth-order valence-electron chi connectivity index (χ4n) is 2.37. The zero-order chi connectivity index (χ0) is 21.0. The second kappa shape index (κ2) is 8.68. The Hall–Kier alpha value is -2.82. The van der Waals surface area contributed by atoms with Crippen molar-refractivity contribution in [1.82, 2.24) is 9.71 Å². The highest BCUT2D eigenvalue weighted by molar-refractivity contribution is 7.89. The molecule has 3 aromatic rings. The molecule has 0 atom stereocenters. The van der Waals surface area contributed by atoms with Crippen LogP contribution in [0.15, 0.2) is 51.1 Å². The van der Waals surface area contributed by atoms with E-state index in [0.29, 0.717) is 22.9 Å². The molecule has 0 aliphatic rings. The number of aryl methyl sites for hydroxylation is 1. The molecule has 0 fully saturated rings. The maximum absolute atomic E-state index is 12.3. The molecule has 0 bridgehead atoms. The van der Waals surface area contributed by atoms with Gasteiger partial charge in [0, 0.05) is 5.56 Å². The number of carbonyl (C=O) groups is 2. The van der Waals surface area contributed by atoms with E-state index in [9.17, 15) is 18.0 Å². The fraction of sp³-hybridized carbons (Fsp3) is 0.211. The van der Waals surface area contributed by atoms with Gasteiger partial charge < -0.3 is 9.15 Å².